The van der Waals surface area contributed by atoms with Crippen LogP contribution in [0.15, 0.2) is 55.4 Å². The molecule has 1 amide bonds. The summed E-state index contributed by atoms with van der Waals surface area (Å²) in [5, 5.41) is 1.71. The molecule has 0 aromatic heterocycles. The second-order valence-electron chi connectivity index (χ2n) is 2.56. The first-order chi connectivity index (χ1) is 8.39. The number of allylic oxidation sites excluding steroid dienone is 3. The van der Waals surface area contributed by atoms with Gasteiger partial charge in [-0.25, -0.2) is 9.39 Å². The number of rotatable bonds is 0. The number of nitrogens with zero attached hydrogens (tertiary/aromatic N) is 4. The van der Waals surface area contributed by atoms with E-state index in [0.29, 0.717) is 0 Å². The lowest BCUT2D eigenvalue weighted by Crippen LogP contribution is -1.92. The first-order valence-corrected chi connectivity index (χ1v) is 5.52. The van der Waals surface area contributed by atoms with Crippen LogP contribution in [0.2, 0.25) is 0 Å². The van der Waals surface area contributed by atoms with Crippen molar-refractivity contribution in [3.8, 4) is 0 Å². The Bertz CT molecular complexity index is 444. The van der Waals surface area contributed by atoms with Gasteiger partial charge in [-0.15, -0.1) is 0 Å². The monoisotopic (exact) mass is 246 g/mol. The summed E-state index contributed by atoms with van der Waals surface area (Å²) in [5.41, 5.74) is 0. The Morgan fingerprint density at radius 2 is 1.76 bits per heavy atom. The van der Waals surface area contributed by atoms with E-state index < -0.39 is 5.91 Å². The topological polar surface area (TPSA) is 66.5 Å². The van der Waals surface area contributed by atoms with Crippen LogP contribution in [0.3, 0.4) is 0 Å². The molecule has 5 nitrogen and oxygen atoms in total. The Labute approximate surface area is 103 Å². The molecule has 0 radical (unpaired) electrons. The largest absolute Gasteiger partial charge is 0.288 e. The highest BCUT2D eigenvalue weighted by molar-refractivity contribution is 8.01. The molecule has 17 heavy (non-hydrogen) atoms. The first-order valence-electron chi connectivity index (χ1n) is 4.68. The molecular formula is C11H10N4OS. The number of carbonyl (C=O) groups excluding carboxylic acids is 1. The second-order valence-corrected chi connectivity index (χ2v) is 3.26. The maximum atomic E-state index is 11.1. The summed E-state index contributed by atoms with van der Waals surface area (Å²) in [6.07, 6.45) is 13.7. The molecule has 0 bridgehead atoms. The fourth-order valence-electron chi connectivity index (χ4n) is 0.708. The van der Waals surface area contributed by atoms with E-state index >= 15 is 0 Å². The van der Waals surface area contributed by atoms with Crippen LogP contribution in [0.4, 0.5) is 0 Å². The zero-order valence-corrected chi connectivity index (χ0v) is 9.70. The summed E-state index contributed by atoms with van der Waals surface area (Å²) in [5.74, 6) is -0.427. The van der Waals surface area contributed by atoms with Gasteiger partial charge in [0.25, 0.3) is 5.91 Å². The maximum Gasteiger partial charge on any atom is 0.288 e. The molecule has 0 saturated carbocycles. The van der Waals surface area contributed by atoms with Crippen LogP contribution in [-0.4, -0.2) is 30.8 Å². The minimum atomic E-state index is -0.427. The van der Waals surface area contributed by atoms with Gasteiger partial charge in [0.05, 0.1) is 6.21 Å². The van der Waals surface area contributed by atoms with Crippen LogP contribution in [0.5, 0.6) is 0 Å². The Balaban J connectivity index is 2.70. The molecule has 0 unspecified atom stereocenters. The zero-order chi connectivity index (χ0) is 12.2. The van der Waals surface area contributed by atoms with Crippen LogP contribution in [-0.2, 0) is 4.79 Å². The van der Waals surface area contributed by atoms with E-state index in [0.717, 1.165) is 6.21 Å². The molecular weight excluding hydrogens is 236 g/mol. The Morgan fingerprint density at radius 1 is 0.941 bits per heavy atom. The average Bonchev–Trinajstić information content (AvgIpc) is 2.32. The molecule has 1 aliphatic rings. The predicted octanol–water partition coefficient (Wildman–Crippen LogP) is 2.00. The number of amides is 1. The van der Waals surface area contributed by atoms with E-state index in [2.05, 4.69) is 19.4 Å². The number of hydrogen-bond donors (Lipinski definition) is 0. The maximum absolute atomic E-state index is 11.1. The lowest BCUT2D eigenvalue weighted by atomic mass is 10.5. The predicted molar refractivity (Wildman–Crippen MR) is 74.0 cm³/mol. The van der Waals surface area contributed by atoms with Crippen molar-refractivity contribution in [3.05, 3.63) is 36.0 Å². The fraction of sp³-hybridized carbons (Fsp3) is 0. The highest BCUT2D eigenvalue weighted by Crippen LogP contribution is 2.00. The summed E-state index contributed by atoms with van der Waals surface area (Å²) >= 11 is 1.23. The third kappa shape index (κ3) is 7.80. The lowest BCUT2D eigenvalue weighted by molar-refractivity contribution is -0.111. The normalized spacial score (nSPS) is 26.2. The van der Waals surface area contributed by atoms with Crippen LogP contribution >= 0.6 is 11.9 Å². The van der Waals surface area contributed by atoms with Crippen molar-refractivity contribution in [2.24, 2.45) is 19.4 Å². The summed E-state index contributed by atoms with van der Waals surface area (Å²) in [7, 11) is 0. The molecule has 1 aliphatic heterocycles. The van der Waals surface area contributed by atoms with Crippen LogP contribution in [0.1, 0.15) is 0 Å². The van der Waals surface area contributed by atoms with Gasteiger partial charge >= 0.3 is 0 Å². The van der Waals surface area contributed by atoms with E-state index in [1.54, 1.807) is 36.1 Å². The quantitative estimate of drug-likeness (QED) is 0.613. The Morgan fingerprint density at radius 3 is 2.71 bits per heavy atom. The van der Waals surface area contributed by atoms with Gasteiger partial charge in [0, 0.05) is 43.0 Å². The molecule has 0 spiro atoms. The molecule has 86 valence electrons. The lowest BCUT2D eigenvalue weighted by Gasteiger charge is -1.81. The Kier molecular flexibility index (Phi) is 7.00. The summed E-state index contributed by atoms with van der Waals surface area (Å²) < 4.78 is 3.99. The minimum absolute atomic E-state index is 0.427. The van der Waals surface area contributed by atoms with Gasteiger partial charge in [0.2, 0.25) is 0 Å². The smallest absolute Gasteiger partial charge is 0.266 e. The third-order valence-electron chi connectivity index (χ3n) is 1.34. The summed E-state index contributed by atoms with van der Waals surface area (Å²) in [6, 6.07) is 0. The fourth-order valence-corrected chi connectivity index (χ4v) is 1.06. The zero-order valence-electron chi connectivity index (χ0n) is 8.88. The van der Waals surface area contributed by atoms with Crippen molar-refractivity contribution in [1.82, 2.24) is 0 Å². The van der Waals surface area contributed by atoms with E-state index in [9.17, 15) is 4.79 Å². The van der Waals surface area contributed by atoms with Gasteiger partial charge < -0.3 is 0 Å². The van der Waals surface area contributed by atoms with Gasteiger partial charge in [-0.3, -0.25) is 14.8 Å². The number of carbonyl (C=O) groups is 1. The van der Waals surface area contributed by atoms with Crippen LogP contribution in [0, 0.1) is 0 Å². The Hall–Kier alpha value is -2.08. The van der Waals surface area contributed by atoms with Crippen molar-refractivity contribution < 1.29 is 4.79 Å². The van der Waals surface area contributed by atoms with Crippen molar-refractivity contribution in [1.29, 1.82) is 0 Å². The van der Waals surface area contributed by atoms with Gasteiger partial charge in [0.1, 0.15) is 0 Å². The first kappa shape index (κ1) is 13.0. The van der Waals surface area contributed by atoms with Crippen molar-refractivity contribution in [2.45, 2.75) is 0 Å². The molecule has 0 atom stereocenters. The third-order valence-corrected chi connectivity index (χ3v) is 1.86. The molecule has 1 rings (SSSR count). The van der Waals surface area contributed by atoms with Gasteiger partial charge in [-0.05, 0) is 23.6 Å². The van der Waals surface area contributed by atoms with E-state index in [1.807, 2.05) is 0 Å². The average molecular weight is 246 g/mol. The summed E-state index contributed by atoms with van der Waals surface area (Å²) in [4.78, 5) is 22.3. The van der Waals surface area contributed by atoms with E-state index in [1.165, 1.54) is 30.6 Å². The van der Waals surface area contributed by atoms with Gasteiger partial charge in [-0.2, -0.15) is 0 Å². The standard InChI is InChI=1S/C11H10N4OS/c16-11-10-13-8-7-12-4-1-2-6-15-17-9-3-5-14-11/h1-10H/b2-1-,8-7-,9-3-,12-4-,13-10?,14-5?,15-6-. The molecule has 1 heterocycles. The minimum Gasteiger partial charge on any atom is -0.266 e. The molecule has 0 saturated heterocycles. The SMILES string of the molecule is O=C1C=N\C=C/N=C\C=C/C=N\S/C=C\C=N1. The molecule has 0 fully saturated rings. The highest BCUT2D eigenvalue weighted by Gasteiger charge is 1.86. The highest BCUT2D eigenvalue weighted by atomic mass is 32.2. The van der Waals surface area contributed by atoms with Crippen LogP contribution < -0.4 is 0 Å². The van der Waals surface area contributed by atoms with E-state index in [-0.39, 0.29) is 0 Å². The van der Waals surface area contributed by atoms with Crippen molar-refractivity contribution >= 4 is 42.7 Å². The number of aliphatic imine (C=N–C) groups is 3. The van der Waals surface area contributed by atoms with Crippen molar-refractivity contribution in [2.75, 3.05) is 0 Å². The van der Waals surface area contributed by atoms with Gasteiger partial charge in [0.15, 0.2) is 0 Å². The second kappa shape index (κ2) is 9.17. The molecule has 0 N–H and O–H groups in total. The van der Waals surface area contributed by atoms with Gasteiger partial charge in [-0.1, -0.05) is 0 Å². The number of hydrogen-bond acceptors (Lipinski definition) is 5. The van der Waals surface area contributed by atoms with E-state index in [4.69, 9.17) is 0 Å². The molecule has 0 aliphatic carbocycles. The molecule has 6 heteroatoms. The summed E-state index contributed by atoms with van der Waals surface area (Å²) in [6.45, 7) is 0. The van der Waals surface area contributed by atoms with Crippen LogP contribution in [0.25, 0.3) is 0 Å². The van der Waals surface area contributed by atoms with Crippen molar-refractivity contribution in [3.63, 3.8) is 0 Å². The molecule has 0 aromatic carbocycles. The molecule has 0 aromatic rings.